The summed E-state index contributed by atoms with van der Waals surface area (Å²) in [5.74, 6) is -0.545. The van der Waals surface area contributed by atoms with Crippen LogP contribution >= 0.6 is 12.2 Å². The summed E-state index contributed by atoms with van der Waals surface area (Å²) in [5, 5.41) is 23.1. The Balaban J connectivity index is 1.70. The molecule has 11 heteroatoms. The number of aliphatic hydroxyl groups is 1. The van der Waals surface area contributed by atoms with Gasteiger partial charge in [0.1, 0.15) is 6.10 Å². The first-order valence-electron chi connectivity index (χ1n) is 10.0. The maximum absolute atomic E-state index is 14.7. The molecule has 2 heterocycles. The number of thiocarbonyl (C=S) groups is 1. The predicted octanol–water partition coefficient (Wildman–Crippen LogP) is 3.78. The van der Waals surface area contributed by atoms with Crippen molar-refractivity contribution in [1.82, 2.24) is 5.32 Å². The third kappa shape index (κ3) is 3.99. The summed E-state index contributed by atoms with van der Waals surface area (Å²) in [7, 11) is 0. The first-order valence-corrected chi connectivity index (χ1v) is 10.5. The highest BCUT2D eigenvalue weighted by molar-refractivity contribution is 7.80. The number of halogens is 4. The van der Waals surface area contributed by atoms with Gasteiger partial charge in [0.2, 0.25) is 0 Å². The van der Waals surface area contributed by atoms with Crippen LogP contribution in [-0.4, -0.2) is 41.2 Å². The molecule has 6 nitrogen and oxygen atoms in total. The lowest BCUT2D eigenvalue weighted by molar-refractivity contribution is -0.137. The van der Waals surface area contributed by atoms with Gasteiger partial charge in [-0.15, -0.1) is 0 Å². The molecule has 0 saturated carbocycles. The predicted molar refractivity (Wildman–Crippen MR) is 117 cm³/mol. The number of rotatable bonds is 4. The van der Waals surface area contributed by atoms with E-state index in [9.17, 15) is 22.7 Å². The fourth-order valence-corrected chi connectivity index (χ4v) is 4.39. The lowest BCUT2D eigenvalue weighted by atomic mass is 10.0. The maximum atomic E-state index is 14.7. The van der Waals surface area contributed by atoms with Crippen molar-refractivity contribution in [1.29, 1.82) is 5.26 Å². The van der Waals surface area contributed by atoms with Crippen LogP contribution in [-0.2, 0) is 6.18 Å². The van der Waals surface area contributed by atoms with Gasteiger partial charge < -0.3 is 20.1 Å². The van der Waals surface area contributed by atoms with Crippen LogP contribution in [0, 0.1) is 17.1 Å². The number of aliphatic hydroxyl groups excluding tert-OH is 1. The molecule has 1 unspecified atom stereocenters. The summed E-state index contributed by atoms with van der Waals surface area (Å²) in [6.45, 7) is 4.52. The zero-order chi connectivity index (χ0) is 24.1. The van der Waals surface area contributed by atoms with Gasteiger partial charge in [-0.1, -0.05) is 0 Å². The van der Waals surface area contributed by atoms with Gasteiger partial charge in [0.15, 0.2) is 22.9 Å². The number of ether oxygens (including phenoxy) is 1. The normalized spacial score (nSPS) is 20.5. The van der Waals surface area contributed by atoms with E-state index in [2.05, 4.69) is 5.32 Å². The molecule has 4 rings (SSSR count). The van der Waals surface area contributed by atoms with E-state index in [0.29, 0.717) is 18.8 Å². The summed E-state index contributed by atoms with van der Waals surface area (Å²) in [6.07, 6.45) is -6.23. The van der Waals surface area contributed by atoms with Crippen molar-refractivity contribution < 1.29 is 27.4 Å². The molecule has 174 valence electrons. The van der Waals surface area contributed by atoms with E-state index in [1.165, 1.54) is 29.2 Å². The molecule has 0 aromatic heterocycles. The quantitative estimate of drug-likeness (QED) is 0.510. The van der Waals surface area contributed by atoms with Crippen LogP contribution < -0.4 is 19.9 Å². The highest BCUT2D eigenvalue weighted by Crippen LogP contribution is 2.42. The molecule has 33 heavy (non-hydrogen) atoms. The second-order valence-corrected chi connectivity index (χ2v) is 8.73. The molecule has 2 saturated heterocycles. The Morgan fingerprint density at radius 3 is 2.39 bits per heavy atom. The topological polar surface area (TPSA) is 71.8 Å². The van der Waals surface area contributed by atoms with Crippen molar-refractivity contribution in [3.63, 3.8) is 0 Å². The first kappa shape index (κ1) is 23.2. The SMILES string of the molecule is CC1(C)C(O)N(c2ccc(C#N)c(C(F)(F)F)c2)C(=S)N1c1ccc(OC2CNC2)c(F)c1. The van der Waals surface area contributed by atoms with Gasteiger partial charge in [0, 0.05) is 30.5 Å². The molecule has 0 aliphatic carbocycles. The number of hydrogen-bond donors (Lipinski definition) is 2. The van der Waals surface area contributed by atoms with Crippen LogP contribution in [0.4, 0.5) is 28.9 Å². The summed E-state index contributed by atoms with van der Waals surface area (Å²) >= 11 is 5.51. The molecular weight excluding hydrogens is 460 g/mol. The molecule has 0 amide bonds. The fraction of sp³-hybridized carbons (Fsp3) is 0.364. The average molecular weight is 480 g/mol. The minimum atomic E-state index is -4.77. The fourth-order valence-electron chi connectivity index (χ4n) is 3.85. The van der Waals surface area contributed by atoms with Crippen LogP contribution in [0.3, 0.4) is 0 Å². The van der Waals surface area contributed by atoms with Gasteiger partial charge in [-0.25, -0.2) is 4.39 Å². The lowest BCUT2D eigenvalue weighted by Crippen LogP contribution is -2.50. The molecule has 2 aromatic carbocycles. The average Bonchev–Trinajstić information content (AvgIpc) is 2.88. The Hall–Kier alpha value is -2.94. The smallest absolute Gasteiger partial charge is 0.417 e. The monoisotopic (exact) mass is 480 g/mol. The Kier molecular flexibility index (Phi) is 5.72. The molecule has 2 aliphatic heterocycles. The van der Waals surface area contributed by atoms with Crippen molar-refractivity contribution in [2.45, 2.75) is 37.9 Å². The Bertz CT molecular complexity index is 1140. The third-order valence-corrected chi connectivity index (χ3v) is 6.15. The standard InChI is InChI=1S/C22H20F4N4O2S/c1-21(2)19(31)29(13-4-3-12(9-27)16(7-13)22(24,25)26)20(33)30(21)14-5-6-18(17(23)8-14)32-15-10-28-11-15/h3-8,15,19,28,31H,10-11H2,1-2H3. The molecule has 0 spiro atoms. The van der Waals surface area contributed by atoms with Crippen molar-refractivity contribution in [3.05, 3.63) is 53.3 Å². The van der Waals surface area contributed by atoms with Gasteiger partial charge in [0.05, 0.1) is 22.7 Å². The lowest BCUT2D eigenvalue weighted by Gasteiger charge is -2.33. The van der Waals surface area contributed by atoms with Gasteiger partial charge in [-0.2, -0.15) is 18.4 Å². The van der Waals surface area contributed by atoms with E-state index in [0.717, 1.165) is 17.0 Å². The molecule has 0 bridgehead atoms. The van der Waals surface area contributed by atoms with Crippen molar-refractivity contribution in [3.8, 4) is 11.8 Å². The van der Waals surface area contributed by atoms with E-state index >= 15 is 0 Å². The number of benzene rings is 2. The highest BCUT2D eigenvalue weighted by atomic mass is 32.1. The van der Waals surface area contributed by atoms with Crippen LogP contribution in [0.2, 0.25) is 0 Å². The zero-order valence-corrected chi connectivity index (χ0v) is 18.5. The Labute approximate surface area is 193 Å². The zero-order valence-electron chi connectivity index (χ0n) is 17.7. The van der Waals surface area contributed by atoms with E-state index in [1.54, 1.807) is 19.9 Å². The number of anilines is 2. The van der Waals surface area contributed by atoms with Crippen LogP contribution in [0.5, 0.6) is 5.75 Å². The summed E-state index contributed by atoms with van der Waals surface area (Å²) in [5.41, 5.74) is -2.51. The van der Waals surface area contributed by atoms with E-state index in [-0.39, 0.29) is 22.7 Å². The van der Waals surface area contributed by atoms with Crippen LogP contribution in [0.15, 0.2) is 36.4 Å². The third-order valence-electron chi connectivity index (χ3n) is 5.77. The van der Waals surface area contributed by atoms with Gasteiger partial charge in [0.25, 0.3) is 0 Å². The highest BCUT2D eigenvalue weighted by Gasteiger charge is 2.50. The molecule has 2 aromatic rings. The Morgan fingerprint density at radius 2 is 1.85 bits per heavy atom. The maximum Gasteiger partial charge on any atom is 0.417 e. The minimum absolute atomic E-state index is 0.0124. The first-order chi connectivity index (χ1) is 15.4. The summed E-state index contributed by atoms with van der Waals surface area (Å²) in [4.78, 5) is 2.64. The van der Waals surface area contributed by atoms with Gasteiger partial charge in [-0.05, 0) is 56.4 Å². The number of nitrogens with zero attached hydrogens (tertiary/aromatic N) is 3. The van der Waals surface area contributed by atoms with Gasteiger partial charge in [-0.3, -0.25) is 4.90 Å². The second-order valence-electron chi connectivity index (χ2n) is 8.37. The van der Waals surface area contributed by atoms with Crippen LogP contribution in [0.25, 0.3) is 0 Å². The molecule has 1 atom stereocenters. The van der Waals surface area contributed by atoms with Crippen molar-refractivity contribution in [2.24, 2.45) is 0 Å². The number of nitriles is 1. The largest absolute Gasteiger partial charge is 0.485 e. The Morgan fingerprint density at radius 1 is 1.18 bits per heavy atom. The van der Waals surface area contributed by atoms with E-state index in [1.807, 2.05) is 0 Å². The summed E-state index contributed by atoms with van der Waals surface area (Å²) in [6, 6.07) is 8.87. The van der Waals surface area contributed by atoms with E-state index in [4.69, 9.17) is 22.2 Å². The molecule has 2 aliphatic rings. The number of alkyl halides is 3. The van der Waals surface area contributed by atoms with Gasteiger partial charge >= 0.3 is 6.18 Å². The van der Waals surface area contributed by atoms with Crippen LogP contribution in [0.1, 0.15) is 25.0 Å². The molecule has 2 N–H and O–H groups in total. The second kappa shape index (κ2) is 8.13. The number of hydrogen-bond acceptors (Lipinski definition) is 5. The minimum Gasteiger partial charge on any atom is -0.485 e. The molecule has 0 radical (unpaired) electrons. The molecule has 2 fully saturated rings. The van der Waals surface area contributed by atoms with Crippen molar-refractivity contribution >= 4 is 28.7 Å². The van der Waals surface area contributed by atoms with E-state index < -0.39 is 34.9 Å². The number of nitrogens with one attached hydrogen (secondary N) is 1. The van der Waals surface area contributed by atoms with Crippen molar-refractivity contribution in [2.75, 3.05) is 22.9 Å². The summed E-state index contributed by atoms with van der Waals surface area (Å²) < 4.78 is 60.7. The molecular formula is C22H20F4N4O2S.